The predicted molar refractivity (Wildman–Crippen MR) is 91.6 cm³/mol. The molecule has 0 aliphatic rings. The molecule has 3 aromatic rings. The van der Waals surface area contributed by atoms with Gasteiger partial charge in [0, 0.05) is 16.7 Å². The number of aromatic nitrogens is 1. The molecular formula is C20H16FNO4. The molecule has 1 heterocycles. The van der Waals surface area contributed by atoms with Crippen LogP contribution >= 0.6 is 0 Å². The normalized spacial score (nSPS) is 10.6. The van der Waals surface area contributed by atoms with E-state index in [2.05, 4.69) is 5.16 Å². The maximum Gasteiger partial charge on any atom is 0.315 e. The molecule has 26 heavy (non-hydrogen) atoms. The van der Waals surface area contributed by atoms with Crippen molar-refractivity contribution in [1.82, 2.24) is 5.16 Å². The number of ether oxygens (including phenoxy) is 1. The van der Waals surface area contributed by atoms with E-state index in [1.807, 2.05) is 0 Å². The van der Waals surface area contributed by atoms with Gasteiger partial charge in [0.1, 0.15) is 17.3 Å². The van der Waals surface area contributed by atoms with E-state index in [0.29, 0.717) is 33.9 Å². The van der Waals surface area contributed by atoms with E-state index in [1.165, 1.54) is 24.3 Å². The van der Waals surface area contributed by atoms with Crippen molar-refractivity contribution in [2.45, 2.75) is 20.3 Å². The molecule has 132 valence electrons. The van der Waals surface area contributed by atoms with Crippen LogP contribution < -0.4 is 4.74 Å². The minimum absolute atomic E-state index is 0.0530. The molecule has 0 amide bonds. The first-order valence-corrected chi connectivity index (χ1v) is 7.97. The van der Waals surface area contributed by atoms with E-state index in [1.54, 1.807) is 38.1 Å². The number of nitrogens with zero attached hydrogens (tertiary/aromatic N) is 1. The van der Waals surface area contributed by atoms with Crippen LogP contribution in [0, 0.1) is 19.7 Å². The van der Waals surface area contributed by atoms with Crippen LogP contribution in [0.15, 0.2) is 53.1 Å². The SMILES string of the molecule is Cc1noc(C)c1CC(=O)Oc1ccc(C(=O)c2ccc(F)cc2)cc1. The zero-order valence-corrected chi connectivity index (χ0v) is 14.3. The molecule has 0 saturated heterocycles. The highest BCUT2D eigenvalue weighted by Gasteiger charge is 2.15. The summed E-state index contributed by atoms with van der Waals surface area (Å²) in [5.41, 5.74) is 2.16. The monoisotopic (exact) mass is 353 g/mol. The van der Waals surface area contributed by atoms with E-state index >= 15 is 0 Å². The average molecular weight is 353 g/mol. The lowest BCUT2D eigenvalue weighted by Gasteiger charge is -2.06. The highest BCUT2D eigenvalue weighted by Crippen LogP contribution is 2.18. The summed E-state index contributed by atoms with van der Waals surface area (Å²) in [5.74, 6) is -0.171. The third-order valence-electron chi connectivity index (χ3n) is 3.96. The van der Waals surface area contributed by atoms with Gasteiger partial charge in [-0.25, -0.2) is 4.39 Å². The second-order valence-electron chi connectivity index (χ2n) is 5.81. The Bertz CT molecular complexity index is 923. The van der Waals surface area contributed by atoms with Gasteiger partial charge in [0.15, 0.2) is 5.78 Å². The molecule has 0 radical (unpaired) electrons. The van der Waals surface area contributed by atoms with Crippen LogP contribution in [0.4, 0.5) is 4.39 Å². The second kappa shape index (κ2) is 7.31. The fourth-order valence-electron chi connectivity index (χ4n) is 2.51. The third kappa shape index (κ3) is 3.85. The van der Waals surface area contributed by atoms with Gasteiger partial charge in [0.05, 0.1) is 12.1 Å². The van der Waals surface area contributed by atoms with Crippen molar-refractivity contribution in [3.05, 3.63) is 82.5 Å². The maximum absolute atomic E-state index is 12.9. The average Bonchev–Trinajstić information content (AvgIpc) is 2.94. The molecule has 0 bridgehead atoms. The summed E-state index contributed by atoms with van der Waals surface area (Å²) in [6, 6.07) is 11.5. The molecule has 0 spiro atoms. The van der Waals surface area contributed by atoms with Gasteiger partial charge in [-0.15, -0.1) is 0 Å². The van der Waals surface area contributed by atoms with Crippen LogP contribution in [-0.4, -0.2) is 16.9 Å². The van der Waals surface area contributed by atoms with Crippen molar-refractivity contribution >= 4 is 11.8 Å². The summed E-state index contributed by atoms with van der Waals surface area (Å²) in [6.45, 7) is 3.49. The van der Waals surface area contributed by atoms with Crippen molar-refractivity contribution < 1.29 is 23.2 Å². The standard InChI is InChI=1S/C20H16FNO4/c1-12-18(13(2)26-22-12)11-19(23)25-17-9-5-15(6-10-17)20(24)14-3-7-16(21)8-4-14/h3-10H,11H2,1-2H3. The van der Waals surface area contributed by atoms with Crippen LogP contribution in [0.3, 0.4) is 0 Å². The van der Waals surface area contributed by atoms with Crippen molar-refractivity contribution in [3.8, 4) is 5.75 Å². The van der Waals surface area contributed by atoms with Gasteiger partial charge in [-0.1, -0.05) is 5.16 Å². The molecule has 0 saturated carbocycles. The van der Waals surface area contributed by atoms with Crippen LogP contribution in [0.5, 0.6) is 5.75 Å². The smallest absolute Gasteiger partial charge is 0.315 e. The Labute approximate surface area is 149 Å². The first-order valence-electron chi connectivity index (χ1n) is 7.97. The molecule has 0 N–H and O–H groups in total. The second-order valence-corrected chi connectivity index (χ2v) is 5.81. The fourth-order valence-corrected chi connectivity index (χ4v) is 2.51. The lowest BCUT2D eigenvalue weighted by atomic mass is 10.0. The number of carbonyl (C=O) groups is 2. The summed E-state index contributed by atoms with van der Waals surface area (Å²) in [4.78, 5) is 24.4. The predicted octanol–water partition coefficient (Wildman–Crippen LogP) is 3.81. The molecule has 0 aliphatic carbocycles. The Kier molecular flexibility index (Phi) is 4.93. The summed E-state index contributed by atoms with van der Waals surface area (Å²) in [7, 11) is 0. The van der Waals surface area contributed by atoms with Crippen LogP contribution in [0.2, 0.25) is 0 Å². The van der Waals surface area contributed by atoms with E-state index in [4.69, 9.17) is 9.26 Å². The van der Waals surface area contributed by atoms with Crippen LogP contribution in [0.1, 0.15) is 32.9 Å². The number of halogens is 1. The topological polar surface area (TPSA) is 69.4 Å². The van der Waals surface area contributed by atoms with E-state index in [0.717, 1.165) is 0 Å². The minimum atomic E-state index is -0.447. The van der Waals surface area contributed by atoms with Crippen molar-refractivity contribution in [2.75, 3.05) is 0 Å². The lowest BCUT2D eigenvalue weighted by Crippen LogP contribution is -2.12. The molecule has 6 heteroatoms. The highest BCUT2D eigenvalue weighted by atomic mass is 19.1. The van der Waals surface area contributed by atoms with Crippen LogP contribution in [-0.2, 0) is 11.2 Å². The number of rotatable bonds is 5. The largest absolute Gasteiger partial charge is 0.426 e. The molecule has 5 nitrogen and oxygen atoms in total. The number of carbonyl (C=O) groups excluding carboxylic acids is 2. The van der Waals surface area contributed by atoms with Gasteiger partial charge in [-0.2, -0.15) is 0 Å². The Balaban J connectivity index is 1.66. The Hall–Kier alpha value is -3.28. The Morgan fingerprint density at radius 3 is 2.12 bits per heavy atom. The summed E-state index contributed by atoms with van der Waals surface area (Å²) >= 11 is 0. The van der Waals surface area contributed by atoms with E-state index < -0.39 is 11.8 Å². The summed E-state index contributed by atoms with van der Waals surface area (Å²) in [6.07, 6.45) is 0.0530. The molecular weight excluding hydrogens is 337 g/mol. The third-order valence-corrected chi connectivity index (χ3v) is 3.96. The summed E-state index contributed by atoms with van der Waals surface area (Å²) < 4.78 is 23.2. The fraction of sp³-hybridized carbons (Fsp3) is 0.150. The highest BCUT2D eigenvalue weighted by molar-refractivity contribution is 6.09. The van der Waals surface area contributed by atoms with Gasteiger partial charge < -0.3 is 9.26 Å². The molecule has 0 aliphatic heterocycles. The molecule has 0 atom stereocenters. The first-order chi connectivity index (χ1) is 12.4. The van der Waals surface area contributed by atoms with E-state index in [9.17, 15) is 14.0 Å². The molecule has 1 aromatic heterocycles. The number of hydrogen-bond donors (Lipinski definition) is 0. The van der Waals surface area contributed by atoms with Crippen molar-refractivity contribution in [1.29, 1.82) is 0 Å². The molecule has 0 unspecified atom stereocenters. The zero-order chi connectivity index (χ0) is 18.7. The van der Waals surface area contributed by atoms with Gasteiger partial charge in [0.2, 0.25) is 0 Å². The molecule has 0 fully saturated rings. The van der Waals surface area contributed by atoms with Gasteiger partial charge in [-0.3, -0.25) is 9.59 Å². The number of aryl methyl sites for hydroxylation is 2. The molecule has 3 rings (SSSR count). The zero-order valence-electron chi connectivity index (χ0n) is 14.3. The van der Waals surface area contributed by atoms with E-state index in [-0.39, 0.29) is 12.2 Å². The first kappa shape index (κ1) is 17.5. The van der Waals surface area contributed by atoms with Crippen molar-refractivity contribution in [2.24, 2.45) is 0 Å². The number of benzene rings is 2. The Morgan fingerprint density at radius 2 is 1.58 bits per heavy atom. The minimum Gasteiger partial charge on any atom is -0.426 e. The van der Waals surface area contributed by atoms with Crippen LogP contribution in [0.25, 0.3) is 0 Å². The summed E-state index contributed by atoms with van der Waals surface area (Å²) in [5, 5.41) is 3.80. The lowest BCUT2D eigenvalue weighted by molar-refractivity contribution is -0.133. The van der Waals surface area contributed by atoms with Gasteiger partial charge in [0.25, 0.3) is 0 Å². The quantitative estimate of drug-likeness (QED) is 0.396. The number of ketones is 1. The number of esters is 1. The Morgan fingerprint density at radius 1 is 1.00 bits per heavy atom. The van der Waals surface area contributed by atoms with Crippen molar-refractivity contribution in [3.63, 3.8) is 0 Å². The maximum atomic E-state index is 12.9. The van der Waals surface area contributed by atoms with Gasteiger partial charge >= 0.3 is 5.97 Å². The molecule has 2 aromatic carbocycles. The van der Waals surface area contributed by atoms with Gasteiger partial charge in [-0.05, 0) is 62.4 Å². The number of hydrogen-bond acceptors (Lipinski definition) is 5.